The molecule has 0 saturated heterocycles. The number of aliphatic carboxylic acids is 1. The lowest BCUT2D eigenvalue weighted by molar-refractivity contribution is -0.137. The molecule has 0 amide bonds. The zero-order valence-electron chi connectivity index (χ0n) is 11.7. The monoisotopic (exact) mass is 258 g/mol. The molecule has 0 saturated carbocycles. The molecule has 19 heavy (non-hydrogen) atoms. The van der Waals surface area contributed by atoms with Crippen LogP contribution >= 0.6 is 0 Å². The predicted octanol–water partition coefficient (Wildman–Crippen LogP) is 2.87. The van der Waals surface area contributed by atoms with Gasteiger partial charge < -0.3 is 9.67 Å². The Morgan fingerprint density at radius 1 is 1.16 bits per heavy atom. The van der Waals surface area contributed by atoms with Gasteiger partial charge in [-0.3, -0.25) is 4.79 Å². The first-order valence-corrected chi connectivity index (χ1v) is 6.22. The van der Waals surface area contributed by atoms with E-state index in [2.05, 4.69) is 31.0 Å². The lowest BCUT2D eigenvalue weighted by Crippen LogP contribution is -2.08. The van der Waals surface area contributed by atoms with Crippen molar-refractivity contribution < 1.29 is 9.90 Å². The Hall–Kier alpha value is -2.10. The molecule has 0 bridgehead atoms. The fourth-order valence-corrected chi connectivity index (χ4v) is 2.18. The topological polar surface area (TPSA) is 55.1 Å². The number of carbonyl (C=O) groups is 1. The van der Waals surface area contributed by atoms with Gasteiger partial charge in [-0.2, -0.15) is 0 Å². The number of benzene rings is 1. The van der Waals surface area contributed by atoms with Crippen LogP contribution in [0.1, 0.15) is 22.5 Å². The zero-order chi connectivity index (χ0) is 14.2. The number of carboxylic acids is 1. The molecular weight excluding hydrogens is 240 g/mol. The van der Waals surface area contributed by atoms with E-state index in [1.165, 1.54) is 11.1 Å². The van der Waals surface area contributed by atoms with Gasteiger partial charge in [0.05, 0.1) is 5.69 Å². The summed E-state index contributed by atoms with van der Waals surface area (Å²) in [6.07, 6.45) is 1.81. The second kappa shape index (κ2) is 4.88. The number of aromatic nitrogens is 2. The lowest BCUT2D eigenvalue weighted by Gasteiger charge is -2.07. The summed E-state index contributed by atoms with van der Waals surface area (Å²) in [6, 6.07) is 4.24. The van der Waals surface area contributed by atoms with Crippen LogP contribution in [0.5, 0.6) is 0 Å². The van der Waals surface area contributed by atoms with Crippen LogP contribution < -0.4 is 0 Å². The summed E-state index contributed by atoms with van der Waals surface area (Å²) in [5.41, 5.74) is 5.52. The van der Waals surface area contributed by atoms with E-state index in [0.717, 1.165) is 22.6 Å². The van der Waals surface area contributed by atoms with Crippen molar-refractivity contribution in [1.82, 2.24) is 9.55 Å². The number of rotatable bonds is 3. The highest BCUT2D eigenvalue weighted by Crippen LogP contribution is 2.25. The number of hydrogen-bond donors (Lipinski definition) is 1. The fraction of sp³-hybridized carbons (Fsp3) is 0.333. The van der Waals surface area contributed by atoms with Crippen LogP contribution in [0, 0.1) is 27.7 Å². The molecule has 1 aromatic carbocycles. The minimum absolute atomic E-state index is 0.0529. The first kappa shape index (κ1) is 13.3. The molecule has 2 aromatic rings. The summed E-state index contributed by atoms with van der Waals surface area (Å²) in [7, 11) is 0. The van der Waals surface area contributed by atoms with Crippen LogP contribution in [0.2, 0.25) is 0 Å². The minimum Gasteiger partial charge on any atom is -0.480 e. The van der Waals surface area contributed by atoms with E-state index in [1.54, 1.807) is 10.8 Å². The molecule has 2 rings (SSSR count). The molecule has 0 unspecified atom stereocenters. The number of hydrogen-bond acceptors (Lipinski definition) is 2. The molecular formula is C15H18N2O2. The van der Waals surface area contributed by atoms with Gasteiger partial charge in [0.2, 0.25) is 0 Å². The number of carboxylic acid groups (broad SMARTS) is 1. The van der Waals surface area contributed by atoms with Gasteiger partial charge in [0, 0.05) is 11.8 Å². The molecule has 0 radical (unpaired) electrons. The molecule has 0 spiro atoms. The quantitative estimate of drug-likeness (QED) is 0.921. The Bertz CT molecular complexity index is 642. The van der Waals surface area contributed by atoms with Gasteiger partial charge in [-0.15, -0.1) is 0 Å². The Kier molecular flexibility index (Phi) is 3.42. The van der Waals surface area contributed by atoms with E-state index in [4.69, 9.17) is 5.11 Å². The molecule has 0 aliphatic rings. The van der Waals surface area contributed by atoms with E-state index in [1.807, 2.05) is 13.8 Å². The second-order valence-corrected chi connectivity index (χ2v) is 4.95. The van der Waals surface area contributed by atoms with Crippen molar-refractivity contribution in [2.45, 2.75) is 34.2 Å². The van der Waals surface area contributed by atoms with Gasteiger partial charge in [-0.25, -0.2) is 4.98 Å². The molecule has 1 heterocycles. The highest BCUT2D eigenvalue weighted by molar-refractivity contribution is 5.68. The van der Waals surface area contributed by atoms with Gasteiger partial charge >= 0.3 is 5.97 Å². The standard InChI is InChI=1S/C15H18N2O2/c1-9-5-11(3)13(6-10(9)2)14-7-17(8-15(18)19)12(4)16-14/h5-7H,8H2,1-4H3,(H,18,19). The lowest BCUT2D eigenvalue weighted by atomic mass is 9.99. The first-order valence-electron chi connectivity index (χ1n) is 6.22. The maximum absolute atomic E-state index is 10.8. The zero-order valence-corrected chi connectivity index (χ0v) is 11.7. The summed E-state index contributed by atoms with van der Waals surface area (Å²) in [6.45, 7) is 7.97. The molecule has 1 aromatic heterocycles. The van der Waals surface area contributed by atoms with Crippen LogP contribution in [0.15, 0.2) is 18.3 Å². The summed E-state index contributed by atoms with van der Waals surface area (Å²) in [4.78, 5) is 15.2. The third-order valence-electron chi connectivity index (χ3n) is 3.40. The van der Waals surface area contributed by atoms with Gasteiger partial charge in [-0.1, -0.05) is 6.07 Å². The van der Waals surface area contributed by atoms with E-state index >= 15 is 0 Å². The van der Waals surface area contributed by atoms with Crippen molar-refractivity contribution in [3.05, 3.63) is 40.8 Å². The number of imidazole rings is 1. The predicted molar refractivity (Wildman–Crippen MR) is 74.2 cm³/mol. The van der Waals surface area contributed by atoms with Gasteiger partial charge in [0.15, 0.2) is 0 Å². The van der Waals surface area contributed by atoms with Gasteiger partial charge in [0.25, 0.3) is 0 Å². The Morgan fingerprint density at radius 3 is 2.42 bits per heavy atom. The summed E-state index contributed by atoms with van der Waals surface area (Å²) < 4.78 is 1.66. The summed E-state index contributed by atoms with van der Waals surface area (Å²) >= 11 is 0. The van der Waals surface area contributed by atoms with Crippen molar-refractivity contribution in [1.29, 1.82) is 0 Å². The smallest absolute Gasteiger partial charge is 0.323 e. The molecule has 0 atom stereocenters. The SMILES string of the molecule is Cc1cc(C)c(-c2cn(CC(=O)O)c(C)n2)cc1C. The summed E-state index contributed by atoms with van der Waals surface area (Å²) in [5.74, 6) is -0.140. The van der Waals surface area contributed by atoms with Crippen molar-refractivity contribution in [3.8, 4) is 11.3 Å². The van der Waals surface area contributed by atoms with E-state index in [9.17, 15) is 4.79 Å². The van der Waals surface area contributed by atoms with E-state index < -0.39 is 5.97 Å². The van der Waals surface area contributed by atoms with Gasteiger partial charge in [0.1, 0.15) is 12.4 Å². The van der Waals surface area contributed by atoms with Crippen LogP contribution in [-0.2, 0) is 11.3 Å². The van der Waals surface area contributed by atoms with Crippen LogP contribution in [0.4, 0.5) is 0 Å². The van der Waals surface area contributed by atoms with Crippen molar-refractivity contribution in [2.24, 2.45) is 0 Å². The van der Waals surface area contributed by atoms with E-state index in [-0.39, 0.29) is 6.54 Å². The molecule has 0 aliphatic heterocycles. The maximum Gasteiger partial charge on any atom is 0.323 e. The van der Waals surface area contributed by atoms with Crippen LogP contribution in [-0.4, -0.2) is 20.6 Å². The normalized spacial score (nSPS) is 10.7. The molecule has 0 aliphatic carbocycles. The Balaban J connectivity index is 2.48. The average molecular weight is 258 g/mol. The third kappa shape index (κ3) is 2.67. The molecule has 4 heteroatoms. The van der Waals surface area contributed by atoms with Crippen molar-refractivity contribution in [3.63, 3.8) is 0 Å². The highest BCUT2D eigenvalue weighted by atomic mass is 16.4. The Morgan fingerprint density at radius 2 is 1.79 bits per heavy atom. The fourth-order valence-electron chi connectivity index (χ4n) is 2.18. The third-order valence-corrected chi connectivity index (χ3v) is 3.40. The van der Waals surface area contributed by atoms with Crippen LogP contribution in [0.3, 0.4) is 0 Å². The number of aryl methyl sites for hydroxylation is 4. The molecule has 100 valence electrons. The first-order chi connectivity index (χ1) is 8.88. The minimum atomic E-state index is -0.858. The van der Waals surface area contributed by atoms with Crippen molar-refractivity contribution in [2.75, 3.05) is 0 Å². The largest absolute Gasteiger partial charge is 0.480 e. The Labute approximate surface area is 112 Å². The molecule has 0 fully saturated rings. The maximum atomic E-state index is 10.8. The summed E-state index contributed by atoms with van der Waals surface area (Å²) in [5, 5.41) is 8.86. The highest BCUT2D eigenvalue weighted by Gasteiger charge is 2.11. The molecule has 1 N–H and O–H groups in total. The average Bonchev–Trinajstić information content (AvgIpc) is 2.64. The van der Waals surface area contributed by atoms with Crippen LogP contribution in [0.25, 0.3) is 11.3 Å². The van der Waals surface area contributed by atoms with Crippen molar-refractivity contribution >= 4 is 5.97 Å². The molecule has 4 nitrogen and oxygen atoms in total. The number of nitrogens with zero attached hydrogens (tertiary/aromatic N) is 2. The van der Waals surface area contributed by atoms with E-state index in [0.29, 0.717) is 0 Å². The second-order valence-electron chi connectivity index (χ2n) is 4.95. The van der Waals surface area contributed by atoms with Gasteiger partial charge in [-0.05, 0) is 50.5 Å².